The van der Waals surface area contributed by atoms with Gasteiger partial charge in [-0.15, -0.1) is 0 Å². The number of rotatable bonds is 3. The number of aliphatic imine (C=N–C) groups is 1. The molecule has 2 aromatic rings. The Morgan fingerprint density at radius 3 is 3.05 bits per heavy atom. The zero-order valence-electron chi connectivity index (χ0n) is 11.0. The van der Waals surface area contributed by atoms with Gasteiger partial charge in [0.2, 0.25) is 0 Å². The molecule has 0 spiro atoms. The number of ether oxygens (including phenoxy) is 1. The van der Waals surface area contributed by atoms with E-state index in [1.165, 1.54) is 0 Å². The standard InChI is InChI=1S/C15H13N3O2/c1-20-13-3-2-7-16-14(13)18-11-4-5-12-10(9-11)6-8-17-15(12)19/h2-5,7-9H,6H2,1H3,(H,16,18). The Morgan fingerprint density at radius 1 is 1.30 bits per heavy atom. The minimum absolute atomic E-state index is 0.187. The van der Waals surface area contributed by atoms with Crippen molar-refractivity contribution < 1.29 is 9.53 Å². The van der Waals surface area contributed by atoms with Crippen LogP contribution in [-0.4, -0.2) is 24.2 Å². The van der Waals surface area contributed by atoms with Crippen LogP contribution in [-0.2, 0) is 6.42 Å². The highest BCUT2D eigenvalue weighted by Crippen LogP contribution is 2.26. The second kappa shape index (κ2) is 5.13. The van der Waals surface area contributed by atoms with Gasteiger partial charge >= 0.3 is 0 Å². The fraction of sp³-hybridized carbons (Fsp3) is 0.133. The van der Waals surface area contributed by atoms with E-state index >= 15 is 0 Å². The third kappa shape index (κ3) is 2.25. The van der Waals surface area contributed by atoms with Gasteiger partial charge in [0.1, 0.15) is 0 Å². The SMILES string of the molecule is COc1cccnc1Nc1ccc2c(c1)CC=NC2=O. The van der Waals surface area contributed by atoms with E-state index in [1.54, 1.807) is 25.6 Å². The van der Waals surface area contributed by atoms with Gasteiger partial charge < -0.3 is 10.1 Å². The summed E-state index contributed by atoms with van der Waals surface area (Å²) in [5.41, 5.74) is 2.49. The molecule has 2 heterocycles. The molecule has 1 amide bonds. The van der Waals surface area contributed by atoms with Gasteiger partial charge in [-0.05, 0) is 35.9 Å². The van der Waals surface area contributed by atoms with Crippen molar-refractivity contribution in [1.82, 2.24) is 4.98 Å². The summed E-state index contributed by atoms with van der Waals surface area (Å²) in [7, 11) is 1.60. The van der Waals surface area contributed by atoms with Gasteiger partial charge in [-0.1, -0.05) is 0 Å². The zero-order valence-corrected chi connectivity index (χ0v) is 11.0. The molecule has 0 bridgehead atoms. The van der Waals surface area contributed by atoms with Crippen LogP contribution in [0.4, 0.5) is 11.5 Å². The molecule has 1 N–H and O–H groups in total. The van der Waals surface area contributed by atoms with Crippen molar-refractivity contribution in [3.8, 4) is 5.75 Å². The van der Waals surface area contributed by atoms with Crippen LogP contribution < -0.4 is 10.1 Å². The predicted molar refractivity (Wildman–Crippen MR) is 77.0 cm³/mol. The van der Waals surface area contributed by atoms with E-state index in [9.17, 15) is 4.79 Å². The molecule has 0 fully saturated rings. The molecule has 0 saturated heterocycles. The lowest BCUT2D eigenvalue weighted by Gasteiger charge is -2.13. The first-order chi connectivity index (χ1) is 9.78. The third-order valence-electron chi connectivity index (χ3n) is 3.11. The molecule has 100 valence electrons. The van der Waals surface area contributed by atoms with Crippen LogP contribution in [0.3, 0.4) is 0 Å². The molecule has 20 heavy (non-hydrogen) atoms. The molecular weight excluding hydrogens is 254 g/mol. The number of methoxy groups -OCH3 is 1. The number of pyridine rings is 1. The first-order valence-corrected chi connectivity index (χ1v) is 6.24. The predicted octanol–water partition coefficient (Wildman–Crippen LogP) is 2.60. The number of fused-ring (bicyclic) bond motifs is 1. The smallest absolute Gasteiger partial charge is 0.276 e. The molecule has 1 aliphatic rings. The number of aromatic nitrogens is 1. The van der Waals surface area contributed by atoms with Crippen LogP contribution in [0, 0.1) is 0 Å². The van der Waals surface area contributed by atoms with Gasteiger partial charge in [0.25, 0.3) is 5.91 Å². The maximum atomic E-state index is 11.6. The molecule has 5 heteroatoms. The lowest BCUT2D eigenvalue weighted by molar-refractivity contribution is 0.100. The molecule has 3 rings (SSSR count). The highest BCUT2D eigenvalue weighted by atomic mass is 16.5. The number of benzene rings is 1. The molecule has 5 nitrogen and oxygen atoms in total. The average molecular weight is 267 g/mol. The van der Waals surface area contributed by atoms with Crippen LogP contribution in [0.25, 0.3) is 0 Å². The van der Waals surface area contributed by atoms with E-state index in [4.69, 9.17) is 4.74 Å². The Kier molecular flexibility index (Phi) is 3.16. The summed E-state index contributed by atoms with van der Waals surface area (Å²) in [5, 5.41) is 3.20. The number of hydrogen-bond donors (Lipinski definition) is 1. The largest absolute Gasteiger partial charge is 0.493 e. The molecule has 0 radical (unpaired) electrons. The lowest BCUT2D eigenvalue weighted by atomic mass is 10.0. The summed E-state index contributed by atoms with van der Waals surface area (Å²) in [6.45, 7) is 0. The van der Waals surface area contributed by atoms with Gasteiger partial charge in [0.05, 0.1) is 7.11 Å². The van der Waals surface area contributed by atoms with Gasteiger partial charge in [-0.2, -0.15) is 0 Å². The zero-order chi connectivity index (χ0) is 13.9. The Morgan fingerprint density at radius 2 is 2.20 bits per heavy atom. The summed E-state index contributed by atoms with van der Waals surface area (Å²) >= 11 is 0. The highest BCUT2D eigenvalue weighted by molar-refractivity contribution is 6.03. The van der Waals surface area contributed by atoms with Gasteiger partial charge in [-0.25, -0.2) is 9.98 Å². The van der Waals surface area contributed by atoms with Crippen molar-refractivity contribution >= 4 is 23.6 Å². The van der Waals surface area contributed by atoms with E-state index in [-0.39, 0.29) is 5.91 Å². The Labute approximate surface area is 116 Å². The maximum absolute atomic E-state index is 11.6. The molecule has 1 aromatic carbocycles. The maximum Gasteiger partial charge on any atom is 0.276 e. The van der Waals surface area contributed by atoms with Crippen molar-refractivity contribution in [1.29, 1.82) is 0 Å². The average Bonchev–Trinajstić information content (AvgIpc) is 2.48. The summed E-state index contributed by atoms with van der Waals surface area (Å²) in [6.07, 6.45) is 3.99. The minimum Gasteiger partial charge on any atom is -0.493 e. The van der Waals surface area contributed by atoms with Crippen LogP contribution in [0.5, 0.6) is 5.75 Å². The number of carbonyl (C=O) groups is 1. The number of nitrogens with zero attached hydrogens (tertiary/aromatic N) is 2. The number of nitrogens with one attached hydrogen (secondary N) is 1. The molecule has 0 unspecified atom stereocenters. The Hall–Kier alpha value is -2.69. The molecule has 0 atom stereocenters. The second-order valence-corrected chi connectivity index (χ2v) is 4.37. The molecule has 0 saturated carbocycles. The quantitative estimate of drug-likeness (QED) is 0.928. The van der Waals surface area contributed by atoms with Crippen molar-refractivity contribution in [3.05, 3.63) is 47.7 Å². The first-order valence-electron chi connectivity index (χ1n) is 6.24. The Bertz CT molecular complexity index is 695. The normalized spacial score (nSPS) is 12.9. The minimum atomic E-state index is -0.187. The number of anilines is 2. The molecule has 1 aromatic heterocycles. The highest BCUT2D eigenvalue weighted by Gasteiger charge is 2.14. The number of hydrogen-bond acceptors (Lipinski definition) is 4. The van der Waals surface area contributed by atoms with E-state index < -0.39 is 0 Å². The summed E-state index contributed by atoms with van der Waals surface area (Å²) in [4.78, 5) is 19.6. The van der Waals surface area contributed by atoms with Crippen LogP contribution in [0.2, 0.25) is 0 Å². The van der Waals surface area contributed by atoms with Crippen molar-refractivity contribution in [3.63, 3.8) is 0 Å². The lowest BCUT2D eigenvalue weighted by Crippen LogP contribution is -2.08. The van der Waals surface area contributed by atoms with Crippen LogP contribution >= 0.6 is 0 Å². The monoisotopic (exact) mass is 267 g/mol. The first kappa shape index (κ1) is 12.3. The third-order valence-corrected chi connectivity index (χ3v) is 3.11. The Balaban J connectivity index is 1.91. The fourth-order valence-corrected chi connectivity index (χ4v) is 2.13. The van der Waals surface area contributed by atoms with Crippen molar-refractivity contribution in [2.45, 2.75) is 6.42 Å². The second-order valence-electron chi connectivity index (χ2n) is 4.37. The van der Waals surface area contributed by atoms with E-state index in [0.29, 0.717) is 23.6 Å². The van der Waals surface area contributed by atoms with Crippen molar-refractivity contribution in [2.75, 3.05) is 12.4 Å². The molecule has 0 aliphatic carbocycles. The van der Waals surface area contributed by atoms with Gasteiger partial charge in [0, 0.05) is 30.1 Å². The summed E-state index contributed by atoms with van der Waals surface area (Å²) in [5.74, 6) is 1.13. The number of amides is 1. The fourth-order valence-electron chi connectivity index (χ4n) is 2.13. The van der Waals surface area contributed by atoms with Crippen molar-refractivity contribution in [2.24, 2.45) is 4.99 Å². The van der Waals surface area contributed by atoms with Crippen LogP contribution in [0.15, 0.2) is 41.5 Å². The summed E-state index contributed by atoms with van der Waals surface area (Å²) in [6, 6.07) is 9.21. The van der Waals surface area contributed by atoms with E-state index in [1.807, 2.05) is 24.3 Å². The topological polar surface area (TPSA) is 63.6 Å². The molecular formula is C15H13N3O2. The summed E-state index contributed by atoms with van der Waals surface area (Å²) < 4.78 is 5.25. The molecule has 1 aliphatic heterocycles. The van der Waals surface area contributed by atoms with Crippen LogP contribution in [0.1, 0.15) is 15.9 Å². The van der Waals surface area contributed by atoms with E-state index in [2.05, 4.69) is 15.3 Å². The van der Waals surface area contributed by atoms with Gasteiger partial charge in [0.15, 0.2) is 11.6 Å². The number of carbonyl (C=O) groups excluding carboxylic acids is 1. The van der Waals surface area contributed by atoms with E-state index in [0.717, 1.165) is 11.3 Å². The van der Waals surface area contributed by atoms with Gasteiger partial charge in [-0.3, -0.25) is 4.79 Å².